The molecule has 4 nitrogen and oxygen atoms in total. The summed E-state index contributed by atoms with van der Waals surface area (Å²) in [5.41, 5.74) is 0.511. The van der Waals surface area contributed by atoms with Crippen LogP contribution in [0.4, 0.5) is 4.79 Å². The quantitative estimate of drug-likeness (QED) is 0.772. The summed E-state index contributed by atoms with van der Waals surface area (Å²) in [6, 6.07) is 0. The van der Waals surface area contributed by atoms with Gasteiger partial charge in [0.05, 0.1) is 0 Å². The summed E-state index contributed by atoms with van der Waals surface area (Å²) in [7, 11) is 0. The third-order valence-electron chi connectivity index (χ3n) is 4.32. The van der Waals surface area contributed by atoms with Gasteiger partial charge in [-0.3, -0.25) is 4.79 Å². The van der Waals surface area contributed by atoms with E-state index in [0.29, 0.717) is 13.1 Å². The predicted molar refractivity (Wildman–Crippen MR) is 86.7 cm³/mol. The van der Waals surface area contributed by atoms with Crippen LogP contribution >= 0.6 is 0 Å². The first-order valence-electron chi connectivity index (χ1n) is 8.58. The molecule has 0 aromatic heterocycles. The van der Waals surface area contributed by atoms with Crippen molar-refractivity contribution in [1.82, 2.24) is 4.90 Å². The lowest BCUT2D eigenvalue weighted by molar-refractivity contribution is -0.119. The molecule has 0 N–H and O–H groups in total. The number of allylic oxidation sites excluding steroid dienone is 2. The third kappa shape index (κ3) is 4.85. The van der Waals surface area contributed by atoms with Crippen LogP contribution in [0.5, 0.6) is 0 Å². The molecule has 0 aromatic carbocycles. The molecule has 4 heteroatoms. The van der Waals surface area contributed by atoms with Crippen LogP contribution in [0, 0.1) is 5.92 Å². The Morgan fingerprint density at radius 3 is 2.64 bits per heavy atom. The molecule has 0 spiro atoms. The Bertz CT molecular complexity index is 448. The summed E-state index contributed by atoms with van der Waals surface area (Å²) >= 11 is 0. The van der Waals surface area contributed by atoms with Crippen LogP contribution in [0.2, 0.25) is 0 Å². The molecule has 0 bridgehead atoms. The normalized spacial score (nSPS) is 23.5. The lowest BCUT2D eigenvalue weighted by Gasteiger charge is -2.24. The van der Waals surface area contributed by atoms with Crippen molar-refractivity contribution in [3.63, 3.8) is 0 Å². The fraction of sp³-hybridized carbons (Fsp3) is 0.778. The molecular formula is C18H29NO3. The number of rotatable bonds is 2. The van der Waals surface area contributed by atoms with Crippen molar-refractivity contribution in [2.45, 2.75) is 71.3 Å². The number of likely N-dealkylation sites (tertiary alicyclic amines) is 1. The van der Waals surface area contributed by atoms with E-state index in [9.17, 15) is 9.59 Å². The molecule has 1 aliphatic carbocycles. The largest absolute Gasteiger partial charge is 0.444 e. The van der Waals surface area contributed by atoms with Crippen molar-refractivity contribution in [3.05, 3.63) is 11.6 Å². The molecule has 22 heavy (non-hydrogen) atoms. The van der Waals surface area contributed by atoms with Gasteiger partial charge in [0.1, 0.15) is 5.60 Å². The van der Waals surface area contributed by atoms with Crippen LogP contribution in [0.25, 0.3) is 0 Å². The number of Topliss-reactive ketones (excluding diaryl/α,β-unsaturated/α-hetero) is 1. The maximum absolute atomic E-state index is 12.7. The first-order valence-corrected chi connectivity index (χ1v) is 8.58. The minimum absolute atomic E-state index is 0.0433. The van der Waals surface area contributed by atoms with E-state index in [2.05, 4.69) is 6.08 Å². The number of ketones is 1. The zero-order valence-corrected chi connectivity index (χ0v) is 14.2. The van der Waals surface area contributed by atoms with E-state index in [1.807, 2.05) is 20.8 Å². The Labute approximate surface area is 133 Å². The Hall–Kier alpha value is -1.32. The Balaban J connectivity index is 1.91. The van der Waals surface area contributed by atoms with Crippen LogP contribution < -0.4 is 0 Å². The fourth-order valence-corrected chi connectivity index (χ4v) is 3.14. The summed E-state index contributed by atoms with van der Waals surface area (Å²) < 4.78 is 5.39. The van der Waals surface area contributed by atoms with E-state index in [-0.39, 0.29) is 17.8 Å². The fourth-order valence-electron chi connectivity index (χ4n) is 3.14. The van der Waals surface area contributed by atoms with Gasteiger partial charge in [-0.2, -0.15) is 0 Å². The van der Waals surface area contributed by atoms with Crippen molar-refractivity contribution in [2.24, 2.45) is 5.92 Å². The average molecular weight is 307 g/mol. The first-order chi connectivity index (χ1) is 10.4. The third-order valence-corrected chi connectivity index (χ3v) is 4.32. The minimum atomic E-state index is -0.485. The van der Waals surface area contributed by atoms with E-state index in [4.69, 9.17) is 4.74 Å². The van der Waals surface area contributed by atoms with Crippen LogP contribution in [0.15, 0.2) is 11.6 Å². The van der Waals surface area contributed by atoms with Crippen LogP contribution in [-0.2, 0) is 9.53 Å². The molecule has 1 amide bonds. The van der Waals surface area contributed by atoms with Crippen molar-refractivity contribution >= 4 is 11.9 Å². The molecule has 1 saturated heterocycles. The summed E-state index contributed by atoms with van der Waals surface area (Å²) in [5, 5.41) is 0. The topological polar surface area (TPSA) is 46.6 Å². The number of hydrogen-bond acceptors (Lipinski definition) is 3. The monoisotopic (exact) mass is 307 g/mol. The van der Waals surface area contributed by atoms with Crippen molar-refractivity contribution in [3.8, 4) is 0 Å². The van der Waals surface area contributed by atoms with Gasteiger partial charge in [-0.15, -0.1) is 0 Å². The number of carbonyl (C=O) groups excluding carboxylic acids is 2. The maximum Gasteiger partial charge on any atom is 0.410 e. The Morgan fingerprint density at radius 1 is 1.18 bits per heavy atom. The number of hydrogen-bond donors (Lipinski definition) is 0. The van der Waals surface area contributed by atoms with Gasteiger partial charge in [0.15, 0.2) is 5.78 Å². The van der Waals surface area contributed by atoms with E-state index in [1.165, 1.54) is 19.3 Å². The highest BCUT2D eigenvalue weighted by Gasteiger charge is 2.34. The second-order valence-corrected chi connectivity index (χ2v) is 7.46. The summed E-state index contributed by atoms with van der Waals surface area (Å²) in [6.07, 6.45) is 9.31. The lowest BCUT2D eigenvalue weighted by atomic mass is 9.90. The van der Waals surface area contributed by atoms with Gasteiger partial charge in [0, 0.05) is 19.0 Å². The molecule has 2 aliphatic rings. The van der Waals surface area contributed by atoms with E-state index in [0.717, 1.165) is 31.3 Å². The van der Waals surface area contributed by atoms with E-state index < -0.39 is 5.60 Å². The van der Waals surface area contributed by atoms with Gasteiger partial charge < -0.3 is 9.64 Å². The molecular weight excluding hydrogens is 278 g/mol. The van der Waals surface area contributed by atoms with Gasteiger partial charge in [-0.05, 0) is 58.4 Å². The highest BCUT2D eigenvalue weighted by atomic mass is 16.6. The minimum Gasteiger partial charge on any atom is -0.444 e. The predicted octanol–water partition coefficient (Wildman–Crippen LogP) is 4.09. The second-order valence-electron chi connectivity index (χ2n) is 7.46. The zero-order valence-electron chi connectivity index (χ0n) is 14.2. The van der Waals surface area contributed by atoms with Crippen LogP contribution in [0.1, 0.15) is 65.7 Å². The summed E-state index contributed by atoms with van der Waals surface area (Å²) in [4.78, 5) is 26.4. The maximum atomic E-state index is 12.7. The first kappa shape index (κ1) is 17.0. The van der Waals surface area contributed by atoms with Gasteiger partial charge in [-0.25, -0.2) is 4.79 Å². The molecule has 1 unspecified atom stereocenters. The Morgan fingerprint density at radius 2 is 1.91 bits per heavy atom. The average Bonchev–Trinajstić information content (AvgIpc) is 2.85. The molecule has 124 valence electrons. The van der Waals surface area contributed by atoms with Crippen LogP contribution in [-0.4, -0.2) is 35.5 Å². The van der Waals surface area contributed by atoms with Crippen molar-refractivity contribution in [1.29, 1.82) is 0 Å². The Kier molecular flexibility index (Phi) is 5.65. The molecule has 0 saturated carbocycles. The molecule has 1 aliphatic heterocycles. The number of ether oxygens (including phenoxy) is 1. The SMILES string of the molecule is CC(C)(C)OC(=O)N1CCC(C(=O)C2=CCCCCCC2)C1. The highest BCUT2D eigenvalue weighted by Crippen LogP contribution is 2.26. The molecule has 0 aromatic rings. The standard InChI is InChI=1S/C18H29NO3/c1-18(2,3)22-17(21)19-12-11-15(13-19)16(20)14-9-7-5-4-6-8-10-14/h9,15H,4-8,10-13H2,1-3H3. The zero-order chi connectivity index (χ0) is 16.2. The van der Waals surface area contributed by atoms with Gasteiger partial charge in [-0.1, -0.05) is 18.9 Å². The number of nitrogens with zero attached hydrogens (tertiary/aromatic N) is 1. The van der Waals surface area contributed by atoms with Crippen LogP contribution in [0.3, 0.4) is 0 Å². The number of carbonyl (C=O) groups is 2. The second kappa shape index (κ2) is 7.30. The summed E-state index contributed by atoms with van der Waals surface area (Å²) in [5.74, 6) is 0.214. The van der Waals surface area contributed by atoms with Gasteiger partial charge >= 0.3 is 6.09 Å². The summed E-state index contributed by atoms with van der Waals surface area (Å²) in [6.45, 7) is 6.72. The molecule has 0 radical (unpaired) electrons. The smallest absolute Gasteiger partial charge is 0.410 e. The molecule has 2 rings (SSSR count). The highest BCUT2D eigenvalue weighted by molar-refractivity contribution is 5.97. The van der Waals surface area contributed by atoms with Crippen molar-refractivity contribution in [2.75, 3.05) is 13.1 Å². The molecule has 1 heterocycles. The molecule has 1 fully saturated rings. The van der Waals surface area contributed by atoms with E-state index >= 15 is 0 Å². The van der Waals surface area contributed by atoms with Crippen molar-refractivity contribution < 1.29 is 14.3 Å². The van der Waals surface area contributed by atoms with Gasteiger partial charge in [0.2, 0.25) is 0 Å². The lowest BCUT2D eigenvalue weighted by Crippen LogP contribution is -2.36. The molecule has 1 atom stereocenters. The van der Waals surface area contributed by atoms with Gasteiger partial charge in [0.25, 0.3) is 0 Å². The van der Waals surface area contributed by atoms with E-state index in [1.54, 1.807) is 4.90 Å². The number of amides is 1.